The van der Waals surface area contributed by atoms with Crippen LogP contribution in [0.2, 0.25) is 0 Å². The molecule has 0 bridgehead atoms. The van der Waals surface area contributed by atoms with Gasteiger partial charge in [0.25, 0.3) is 0 Å². The Labute approximate surface area is 110 Å². The Kier molecular flexibility index (Phi) is 3.97. The molecule has 2 rings (SSSR count). The lowest BCUT2D eigenvalue weighted by atomic mass is 10.1. The van der Waals surface area contributed by atoms with Crippen molar-refractivity contribution < 1.29 is 18.9 Å². The first-order valence-corrected chi connectivity index (χ1v) is 5.71. The lowest BCUT2D eigenvalue weighted by molar-refractivity contribution is -0.683. The van der Waals surface area contributed by atoms with E-state index in [0.29, 0.717) is 11.1 Å². The predicted molar refractivity (Wildman–Crippen MR) is 66.5 cm³/mol. The van der Waals surface area contributed by atoms with E-state index in [1.807, 2.05) is 0 Å². The molecule has 0 radical (unpaired) electrons. The van der Waals surface area contributed by atoms with Crippen molar-refractivity contribution in [2.75, 3.05) is 7.11 Å². The summed E-state index contributed by atoms with van der Waals surface area (Å²) in [6.07, 6.45) is 6.68. The molecule has 5 heteroatoms. The van der Waals surface area contributed by atoms with Gasteiger partial charge >= 0.3 is 5.97 Å². The summed E-state index contributed by atoms with van der Waals surface area (Å²) in [5.74, 6) is -0.449. The van der Waals surface area contributed by atoms with Gasteiger partial charge in [-0.15, -0.1) is 0 Å². The molecule has 0 atom stereocenters. The Bertz CT molecular complexity index is 579. The van der Waals surface area contributed by atoms with Gasteiger partial charge in [0.05, 0.1) is 25.1 Å². The van der Waals surface area contributed by atoms with E-state index in [9.17, 15) is 9.59 Å². The second kappa shape index (κ2) is 5.86. The van der Waals surface area contributed by atoms with Crippen molar-refractivity contribution in [3.8, 4) is 0 Å². The van der Waals surface area contributed by atoms with Crippen LogP contribution in [0.25, 0.3) is 0 Å². The molecular weight excluding hydrogens is 244 g/mol. The summed E-state index contributed by atoms with van der Waals surface area (Å²) in [5.41, 5.74) is 0.979. The maximum atomic E-state index is 12.0. The molecule has 19 heavy (non-hydrogen) atoms. The third-order valence-corrected chi connectivity index (χ3v) is 2.64. The molecule has 0 amide bonds. The molecule has 0 N–H and O–H groups in total. The van der Waals surface area contributed by atoms with Crippen LogP contribution in [0.4, 0.5) is 0 Å². The second-order valence-electron chi connectivity index (χ2n) is 3.91. The zero-order chi connectivity index (χ0) is 13.7. The Morgan fingerprint density at radius 3 is 2.26 bits per heavy atom. The first-order valence-electron chi connectivity index (χ1n) is 5.71. The monoisotopic (exact) mass is 257 g/mol. The van der Waals surface area contributed by atoms with Gasteiger partial charge in [-0.25, -0.2) is 4.79 Å². The molecule has 0 aliphatic rings. The van der Waals surface area contributed by atoms with Crippen LogP contribution in [0, 0.1) is 0 Å². The molecule has 0 fully saturated rings. The molecule has 1 aromatic carbocycles. The summed E-state index contributed by atoms with van der Waals surface area (Å²) in [7, 11) is 1.32. The number of ketones is 1. The van der Waals surface area contributed by atoms with E-state index in [1.54, 1.807) is 53.6 Å². The maximum Gasteiger partial charge on any atom is 0.337 e. The zero-order valence-corrected chi connectivity index (χ0v) is 10.4. The van der Waals surface area contributed by atoms with E-state index in [4.69, 9.17) is 0 Å². The quantitative estimate of drug-likeness (QED) is 0.466. The molecule has 0 spiro atoms. The number of aromatic nitrogens is 2. The van der Waals surface area contributed by atoms with E-state index in [2.05, 4.69) is 9.72 Å². The highest BCUT2D eigenvalue weighted by molar-refractivity contribution is 5.96. The number of Topliss-reactive ketones (excluding diaryl/α,β-unsaturated/α-hetero) is 1. The summed E-state index contributed by atoms with van der Waals surface area (Å²) in [5, 5.41) is 0. The number of hydrogen-bond acceptors (Lipinski definition) is 4. The van der Waals surface area contributed by atoms with Gasteiger partial charge in [0.15, 0.2) is 12.4 Å². The largest absolute Gasteiger partial charge is 0.465 e. The molecule has 0 aliphatic carbocycles. The maximum absolute atomic E-state index is 12.0. The molecule has 0 aliphatic heterocycles. The van der Waals surface area contributed by atoms with Crippen LogP contribution >= 0.6 is 0 Å². The van der Waals surface area contributed by atoms with Crippen LogP contribution in [0.5, 0.6) is 0 Å². The number of carbonyl (C=O) groups excluding carboxylic acids is 2. The average molecular weight is 257 g/mol. The number of hydrogen-bond donors (Lipinski definition) is 0. The summed E-state index contributed by atoms with van der Waals surface area (Å²) >= 11 is 0. The smallest absolute Gasteiger partial charge is 0.337 e. The third-order valence-electron chi connectivity index (χ3n) is 2.64. The fourth-order valence-electron chi connectivity index (χ4n) is 1.62. The van der Waals surface area contributed by atoms with E-state index in [0.717, 1.165) is 0 Å². The van der Waals surface area contributed by atoms with Crippen molar-refractivity contribution in [2.45, 2.75) is 6.54 Å². The van der Waals surface area contributed by atoms with Gasteiger partial charge in [0.2, 0.25) is 12.3 Å². The highest BCUT2D eigenvalue weighted by Gasteiger charge is 2.12. The fourth-order valence-corrected chi connectivity index (χ4v) is 1.62. The van der Waals surface area contributed by atoms with Gasteiger partial charge in [-0.1, -0.05) is 12.1 Å². The topological polar surface area (TPSA) is 60.1 Å². The first-order chi connectivity index (χ1) is 9.20. The SMILES string of the molecule is COC(=O)c1ccc(C(=O)C[n+]2ccncc2)cc1. The average Bonchev–Trinajstić information content (AvgIpc) is 2.47. The Morgan fingerprint density at radius 1 is 1.11 bits per heavy atom. The third kappa shape index (κ3) is 3.22. The van der Waals surface area contributed by atoms with Gasteiger partial charge in [0.1, 0.15) is 0 Å². The highest BCUT2D eigenvalue weighted by atomic mass is 16.5. The minimum absolute atomic E-state index is 0.0346. The van der Waals surface area contributed by atoms with Crippen molar-refractivity contribution in [2.24, 2.45) is 0 Å². The van der Waals surface area contributed by atoms with Crippen molar-refractivity contribution in [1.29, 1.82) is 0 Å². The van der Waals surface area contributed by atoms with Crippen molar-refractivity contribution >= 4 is 11.8 Å². The van der Waals surface area contributed by atoms with Crippen LogP contribution in [-0.2, 0) is 11.3 Å². The van der Waals surface area contributed by atoms with Crippen LogP contribution in [-0.4, -0.2) is 23.8 Å². The first kappa shape index (κ1) is 12.9. The Morgan fingerprint density at radius 2 is 1.68 bits per heavy atom. The minimum Gasteiger partial charge on any atom is -0.465 e. The van der Waals surface area contributed by atoms with Gasteiger partial charge in [0, 0.05) is 5.56 Å². The lowest BCUT2D eigenvalue weighted by Crippen LogP contribution is -2.37. The molecular formula is C14H13N2O3+. The molecule has 2 aromatic rings. The molecule has 1 aromatic heterocycles. The molecule has 0 unspecified atom stereocenters. The van der Waals surface area contributed by atoms with E-state index in [1.165, 1.54) is 7.11 Å². The standard InChI is InChI=1S/C14H13N2O3/c1-19-14(18)12-4-2-11(3-5-12)13(17)10-16-8-6-15-7-9-16/h2-9H,10H2,1H3/q+1. The number of carbonyl (C=O) groups is 2. The van der Waals surface area contributed by atoms with Crippen LogP contribution in [0.3, 0.4) is 0 Å². The van der Waals surface area contributed by atoms with E-state index >= 15 is 0 Å². The highest BCUT2D eigenvalue weighted by Crippen LogP contribution is 2.06. The summed E-state index contributed by atoms with van der Waals surface area (Å²) in [4.78, 5) is 27.2. The Hall–Kier alpha value is -2.56. The summed E-state index contributed by atoms with van der Waals surface area (Å²) < 4.78 is 6.34. The Balaban J connectivity index is 2.10. The number of rotatable bonds is 4. The fraction of sp³-hybridized carbons (Fsp3) is 0.143. The normalized spacial score (nSPS) is 9.95. The summed E-state index contributed by atoms with van der Waals surface area (Å²) in [6.45, 7) is 0.236. The molecule has 96 valence electrons. The zero-order valence-electron chi connectivity index (χ0n) is 10.4. The lowest BCUT2D eigenvalue weighted by Gasteiger charge is -2.01. The molecule has 5 nitrogen and oxygen atoms in total. The van der Waals surface area contributed by atoms with Crippen LogP contribution in [0.1, 0.15) is 20.7 Å². The molecule has 0 saturated carbocycles. The van der Waals surface area contributed by atoms with E-state index < -0.39 is 5.97 Å². The number of ether oxygens (including phenoxy) is 1. The van der Waals surface area contributed by atoms with Crippen molar-refractivity contribution in [3.63, 3.8) is 0 Å². The van der Waals surface area contributed by atoms with Crippen molar-refractivity contribution in [1.82, 2.24) is 4.98 Å². The van der Waals surface area contributed by atoms with Crippen molar-refractivity contribution in [3.05, 3.63) is 60.2 Å². The summed E-state index contributed by atoms with van der Waals surface area (Å²) in [6, 6.07) is 6.40. The van der Waals surface area contributed by atoms with E-state index in [-0.39, 0.29) is 12.3 Å². The predicted octanol–water partition coefficient (Wildman–Crippen LogP) is 1.04. The minimum atomic E-state index is -0.414. The second-order valence-corrected chi connectivity index (χ2v) is 3.91. The molecule has 1 heterocycles. The van der Waals surface area contributed by atoms with Crippen LogP contribution in [0.15, 0.2) is 49.1 Å². The van der Waals surface area contributed by atoms with Gasteiger partial charge in [-0.2, -0.15) is 4.57 Å². The van der Waals surface area contributed by atoms with Gasteiger partial charge in [-0.05, 0) is 12.1 Å². The number of nitrogens with zero attached hydrogens (tertiary/aromatic N) is 2. The number of methoxy groups -OCH3 is 1. The molecule has 0 saturated heterocycles. The number of esters is 1. The van der Waals surface area contributed by atoms with Gasteiger partial charge < -0.3 is 4.74 Å². The van der Waals surface area contributed by atoms with Crippen LogP contribution < -0.4 is 4.57 Å². The van der Waals surface area contributed by atoms with Gasteiger partial charge in [-0.3, -0.25) is 9.78 Å². The number of benzene rings is 1.